The quantitative estimate of drug-likeness (QED) is 0.875. The fourth-order valence-corrected chi connectivity index (χ4v) is 4.35. The van der Waals surface area contributed by atoms with Crippen molar-refractivity contribution in [1.82, 2.24) is 4.90 Å². The van der Waals surface area contributed by atoms with E-state index in [0.29, 0.717) is 0 Å². The molecule has 2 N–H and O–H groups in total. The Hall–Kier alpha value is -0.610. The van der Waals surface area contributed by atoms with Gasteiger partial charge in [0.1, 0.15) is 0 Å². The van der Waals surface area contributed by atoms with Gasteiger partial charge in [0.15, 0.2) is 0 Å². The first-order valence-corrected chi connectivity index (χ1v) is 8.78. The normalized spacial score (nSPS) is 28.3. The Morgan fingerprint density at radius 3 is 2.36 bits per heavy atom. The molecule has 4 heteroatoms. The monoisotopic (exact) mass is 323 g/mol. The lowest BCUT2D eigenvalue weighted by Gasteiger charge is -2.50. The molecular formula is C18H26ClNO2. The van der Waals surface area contributed by atoms with E-state index in [1.165, 1.54) is 24.8 Å². The van der Waals surface area contributed by atoms with Gasteiger partial charge in [-0.3, -0.25) is 4.90 Å². The molecule has 1 heterocycles. The highest BCUT2D eigenvalue weighted by Crippen LogP contribution is 2.45. The smallest absolute Gasteiger partial charge is 0.0590 e. The van der Waals surface area contributed by atoms with E-state index in [9.17, 15) is 10.2 Å². The van der Waals surface area contributed by atoms with Crippen molar-refractivity contribution in [2.24, 2.45) is 5.92 Å². The third-order valence-corrected chi connectivity index (χ3v) is 5.98. The minimum atomic E-state index is 0.100. The van der Waals surface area contributed by atoms with Crippen molar-refractivity contribution in [3.63, 3.8) is 0 Å². The molecule has 2 aliphatic rings. The van der Waals surface area contributed by atoms with Crippen LogP contribution in [0.2, 0.25) is 5.02 Å². The lowest BCUT2D eigenvalue weighted by molar-refractivity contribution is -0.00311. The Balaban J connectivity index is 1.78. The topological polar surface area (TPSA) is 43.7 Å². The first-order valence-electron chi connectivity index (χ1n) is 8.40. The summed E-state index contributed by atoms with van der Waals surface area (Å²) in [6.07, 6.45) is 5.80. The number of halogens is 1. The molecular weight excluding hydrogens is 298 g/mol. The Labute approximate surface area is 137 Å². The van der Waals surface area contributed by atoms with Gasteiger partial charge in [-0.1, -0.05) is 30.2 Å². The zero-order chi connectivity index (χ0) is 15.6. The number of piperidine rings is 1. The van der Waals surface area contributed by atoms with Crippen molar-refractivity contribution >= 4 is 11.6 Å². The van der Waals surface area contributed by atoms with Crippen LogP contribution in [0.3, 0.4) is 0 Å². The van der Waals surface area contributed by atoms with Crippen LogP contribution in [0.4, 0.5) is 0 Å². The van der Waals surface area contributed by atoms with Gasteiger partial charge < -0.3 is 10.2 Å². The summed E-state index contributed by atoms with van der Waals surface area (Å²) in [6.45, 7) is 2.32. The minimum absolute atomic E-state index is 0.100. The zero-order valence-corrected chi connectivity index (χ0v) is 13.8. The molecule has 0 spiro atoms. The first-order chi connectivity index (χ1) is 10.7. The molecule has 122 valence electrons. The molecule has 1 aliphatic carbocycles. The number of hydrogen-bond acceptors (Lipinski definition) is 3. The summed E-state index contributed by atoms with van der Waals surface area (Å²) in [7, 11) is 0. The first kappa shape index (κ1) is 16.3. The maximum Gasteiger partial charge on any atom is 0.0590 e. The summed E-state index contributed by atoms with van der Waals surface area (Å²) in [5, 5.41) is 20.1. The second-order valence-electron chi connectivity index (χ2n) is 6.95. The van der Waals surface area contributed by atoms with E-state index < -0.39 is 0 Å². The number of rotatable bonds is 5. The molecule has 22 heavy (non-hydrogen) atoms. The summed E-state index contributed by atoms with van der Waals surface area (Å²) < 4.78 is 0. The molecule has 2 fully saturated rings. The van der Waals surface area contributed by atoms with Gasteiger partial charge >= 0.3 is 0 Å². The van der Waals surface area contributed by atoms with E-state index in [1.54, 1.807) is 0 Å². The van der Waals surface area contributed by atoms with E-state index >= 15 is 0 Å². The molecule has 1 saturated carbocycles. The van der Waals surface area contributed by atoms with Crippen LogP contribution in [-0.2, 0) is 5.41 Å². The summed E-state index contributed by atoms with van der Waals surface area (Å²) in [5.41, 5.74) is 1.57. The Bertz CT molecular complexity index is 486. The lowest BCUT2D eigenvalue weighted by atomic mass is 9.63. The van der Waals surface area contributed by atoms with Crippen molar-refractivity contribution in [3.05, 3.63) is 34.9 Å². The second-order valence-corrected chi connectivity index (χ2v) is 7.38. The van der Waals surface area contributed by atoms with Crippen molar-refractivity contribution in [3.8, 4) is 0 Å². The molecule has 0 radical (unpaired) electrons. The van der Waals surface area contributed by atoms with Crippen LogP contribution in [-0.4, -0.2) is 47.5 Å². The van der Waals surface area contributed by atoms with E-state index in [1.807, 2.05) is 12.1 Å². The third-order valence-electron chi connectivity index (χ3n) is 5.73. The standard InChI is InChI=1S/C18H26ClNO2/c19-16-6-4-15(5-7-16)18(8-2-9-18)13-20-10-1-3-14(11-21)17(20)12-22/h4-7,14,17,21-22H,1-3,8-13H2/t14-,17+/m0/s1. The SMILES string of the molecule is OC[C@@H]1CCCN(CC2(c3ccc(Cl)cc3)CCC2)[C@@H]1CO. The van der Waals surface area contributed by atoms with Crippen LogP contribution < -0.4 is 0 Å². The fraction of sp³-hybridized carbons (Fsp3) is 0.667. The fourth-order valence-electron chi connectivity index (χ4n) is 4.22. The van der Waals surface area contributed by atoms with Crippen LogP contribution >= 0.6 is 11.6 Å². The molecule has 1 saturated heterocycles. The molecule has 1 aromatic rings. The average Bonchev–Trinajstić information content (AvgIpc) is 2.51. The average molecular weight is 324 g/mol. The van der Waals surface area contributed by atoms with Crippen molar-refractivity contribution in [1.29, 1.82) is 0 Å². The second kappa shape index (κ2) is 6.88. The molecule has 0 unspecified atom stereocenters. The van der Waals surface area contributed by atoms with Gasteiger partial charge in [0.05, 0.1) is 6.61 Å². The van der Waals surface area contributed by atoms with Crippen molar-refractivity contribution in [2.45, 2.75) is 43.6 Å². The molecule has 1 aliphatic heterocycles. The Morgan fingerprint density at radius 1 is 1.09 bits per heavy atom. The molecule has 0 bridgehead atoms. The molecule has 3 rings (SSSR count). The summed E-state index contributed by atoms with van der Waals surface area (Å²) in [4.78, 5) is 2.41. The highest BCUT2D eigenvalue weighted by Gasteiger charge is 2.42. The van der Waals surface area contributed by atoms with Gasteiger partial charge in [0, 0.05) is 29.6 Å². The van der Waals surface area contributed by atoms with Crippen LogP contribution in [0, 0.1) is 5.92 Å². The van der Waals surface area contributed by atoms with E-state index in [0.717, 1.165) is 31.0 Å². The number of nitrogens with zero attached hydrogens (tertiary/aromatic N) is 1. The number of aliphatic hydroxyl groups excluding tert-OH is 2. The van der Waals surface area contributed by atoms with Gasteiger partial charge in [0.2, 0.25) is 0 Å². The zero-order valence-electron chi connectivity index (χ0n) is 13.0. The molecule has 1 aromatic carbocycles. The summed E-state index contributed by atoms with van der Waals surface area (Å²) >= 11 is 6.03. The van der Waals surface area contributed by atoms with Crippen LogP contribution in [0.15, 0.2) is 24.3 Å². The molecule has 0 amide bonds. The Kier molecular flexibility index (Phi) is 5.08. The highest BCUT2D eigenvalue weighted by molar-refractivity contribution is 6.30. The largest absolute Gasteiger partial charge is 0.396 e. The number of likely N-dealkylation sites (tertiary alicyclic amines) is 1. The maximum absolute atomic E-state index is 9.79. The van der Waals surface area contributed by atoms with Crippen molar-refractivity contribution in [2.75, 3.05) is 26.3 Å². The van der Waals surface area contributed by atoms with Gasteiger partial charge in [-0.15, -0.1) is 0 Å². The number of aliphatic hydroxyl groups is 2. The minimum Gasteiger partial charge on any atom is -0.396 e. The van der Waals surface area contributed by atoms with Crippen molar-refractivity contribution < 1.29 is 10.2 Å². The molecule has 0 aromatic heterocycles. The maximum atomic E-state index is 9.79. The van der Waals surface area contributed by atoms with E-state index in [-0.39, 0.29) is 30.6 Å². The number of benzene rings is 1. The predicted octanol–water partition coefficient (Wildman–Crippen LogP) is 2.83. The molecule has 2 atom stereocenters. The van der Waals surface area contributed by atoms with E-state index in [2.05, 4.69) is 17.0 Å². The lowest BCUT2D eigenvalue weighted by Crippen LogP contribution is -2.55. The summed E-state index contributed by atoms with van der Waals surface area (Å²) in [5.74, 6) is 0.209. The highest BCUT2D eigenvalue weighted by atomic mass is 35.5. The van der Waals surface area contributed by atoms with Gasteiger partial charge in [0.25, 0.3) is 0 Å². The van der Waals surface area contributed by atoms with E-state index in [4.69, 9.17) is 11.6 Å². The van der Waals surface area contributed by atoms with Gasteiger partial charge in [-0.2, -0.15) is 0 Å². The van der Waals surface area contributed by atoms with Crippen LogP contribution in [0.5, 0.6) is 0 Å². The number of hydrogen-bond donors (Lipinski definition) is 2. The molecule has 3 nitrogen and oxygen atoms in total. The predicted molar refractivity (Wildman–Crippen MR) is 89.2 cm³/mol. The van der Waals surface area contributed by atoms with Crippen LogP contribution in [0.1, 0.15) is 37.7 Å². The van der Waals surface area contributed by atoms with Gasteiger partial charge in [-0.05, 0) is 55.8 Å². The Morgan fingerprint density at radius 2 is 1.82 bits per heavy atom. The van der Waals surface area contributed by atoms with Crippen LogP contribution in [0.25, 0.3) is 0 Å². The summed E-state index contributed by atoms with van der Waals surface area (Å²) in [6, 6.07) is 8.37. The van der Waals surface area contributed by atoms with Gasteiger partial charge in [-0.25, -0.2) is 0 Å². The third kappa shape index (κ3) is 3.05.